The van der Waals surface area contributed by atoms with E-state index in [1.807, 2.05) is 12.3 Å². The smallest absolute Gasteiger partial charge is 0.153 e. The lowest BCUT2D eigenvalue weighted by atomic mass is 10.0. The fraction of sp³-hybridized carbons (Fsp3) is 0.538. The molecule has 0 saturated carbocycles. The lowest BCUT2D eigenvalue weighted by Crippen LogP contribution is -2.53. The Kier molecular flexibility index (Phi) is 2.74. The van der Waals surface area contributed by atoms with Crippen LogP contribution in [0.1, 0.15) is 6.42 Å². The van der Waals surface area contributed by atoms with Gasteiger partial charge in [0.1, 0.15) is 23.4 Å². The van der Waals surface area contributed by atoms with Crippen molar-refractivity contribution in [3.8, 4) is 0 Å². The van der Waals surface area contributed by atoms with E-state index in [0.29, 0.717) is 26.1 Å². The van der Waals surface area contributed by atoms with Crippen LogP contribution in [0.4, 0.5) is 5.82 Å². The van der Waals surface area contributed by atoms with Crippen LogP contribution < -0.4 is 4.90 Å². The number of fused-ring (bicyclic) bond motifs is 1. The van der Waals surface area contributed by atoms with E-state index < -0.39 is 15.4 Å². The van der Waals surface area contributed by atoms with E-state index in [4.69, 9.17) is 4.74 Å². The Bertz CT molecular complexity index is 788. The number of H-pyrrole nitrogens is 1. The molecule has 2 aromatic heterocycles. The van der Waals surface area contributed by atoms with Crippen LogP contribution in [0.25, 0.3) is 11.0 Å². The monoisotopic (exact) mass is 308 g/mol. The summed E-state index contributed by atoms with van der Waals surface area (Å²) >= 11 is 0. The van der Waals surface area contributed by atoms with E-state index in [0.717, 1.165) is 16.9 Å². The van der Waals surface area contributed by atoms with Crippen molar-refractivity contribution < 1.29 is 13.2 Å². The van der Waals surface area contributed by atoms with Crippen LogP contribution in [0.3, 0.4) is 0 Å². The average Bonchev–Trinajstić information content (AvgIpc) is 3.03. The maximum Gasteiger partial charge on any atom is 0.153 e. The molecule has 1 atom stereocenters. The van der Waals surface area contributed by atoms with Crippen molar-refractivity contribution in [1.82, 2.24) is 15.0 Å². The lowest BCUT2D eigenvalue weighted by molar-refractivity contribution is -0.0361. The van der Waals surface area contributed by atoms with Crippen LogP contribution in [-0.2, 0) is 14.6 Å². The number of nitrogens with one attached hydrogen (secondary N) is 1. The second-order valence-corrected chi connectivity index (χ2v) is 7.92. The number of hydrogen-bond donors (Lipinski definition) is 1. The lowest BCUT2D eigenvalue weighted by Gasteiger charge is -2.40. The summed E-state index contributed by atoms with van der Waals surface area (Å²) in [5, 5.41) is 0.954. The normalized spacial score (nSPS) is 28.5. The first-order chi connectivity index (χ1) is 10.1. The molecule has 2 fully saturated rings. The average molecular weight is 308 g/mol. The largest absolute Gasteiger partial charge is 0.370 e. The zero-order valence-electron chi connectivity index (χ0n) is 11.4. The van der Waals surface area contributed by atoms with Gasteiger partial charge in [-0.2, -0.15) is 0 Å². The predicted octanol–water partition coefficient (Wildman–Crippen LogP) is 0.352. The molecule has 0 bridgehead atoms. The molecule has 112 valence electrons. The number of hydrogen-bond acceptors (Lipinski definition) is 6. The number of anilines is 1. The summed E-state index contributed by atoms with van der Waals surface area (Å²) in [7, 11) is -2.98. The van der Waals surface area contributed by atoms with Gasteiger partial charge in [-0.1, -0.05) is 0 Å². The van der Waals surface area contributed by atoms with E-state index in [9.17, 15) is 8.42 Å². The summed E-state index contributed by atoms with van der Waals surface area (Å²) in [6, 6.07) is 1.94. The number of sulfone groups is 1. The molecule has 2 aliphatic heterocycles. The number of ether oxygens (including phenoxy) is 1. The Labute approximate surface area is 122 Å². The van der Waals surface area contributed by atoms with E-state index in [1.165, 1.54) is 6.33 Å². The number of aromatic amines is 1. The van der Waals surface area contributed by atoms with Gasteiger partial charge in [0.05, 0.1) is 23.5 Å². The Morgan fingerprint density at radius 3 is 3.10 bits per heavy atom. The van der Waals surface area contributed by atoms with Crippen LogP contribution in [0.15, 0.2) is 18.6 Å². The molecule has 4 rings (SSSR count). The van der Waals surface area contributed by atoms with Gasteiger partial charge in [-0.3, -0.25) is 0 Å². The first kappa shape index (κ1) is 13.0. The maximum atomic E-state index is 11.8. The molecule has 4 heterocycles. The van der Waals surface area contributed by atoms with Crippen LogP contribution in [0.5, 0.6) is 0 Å². The van der Waals surface area contributed by atoms with Crippen LogP contribution in [0.2, 0.25) is 0 Å². The van der Waals surface area contributed by atoms with Gasteiger partial charge in [0.2, 0.25) is 0 Å². The van der Waals surface area contributed by atoms with Gasteiger partial charge in [-0.25, -0.2) is 18.4 Å². The number of nitrogens with zero attached hydrogens (tertiary/aromatic N) is 3. The Morgan fingerprint density at radius 2 is 2.29 bits per heavy atom. The fourth-order valence-corrected chi connectivity index (χ4v) is 5.21. The van der Waals surface area contributed by atoms with E-state index >= 15 is 0 Å². The second kappa shape index (κ2) is 4.41. The van der Waals surface area contributed by atoms with Gasteiger partial charge in [-0.05, 0) is 12.5 Å². The molecule has 0 amide bonds. The minimum atomic E-state index is -2.98. The van der Waals surface area contributed by atoms with E-state index in [1.54, 1.807) is 0 Å². The minimum absolute atomic E-state index is 0.109. The second-order valence-electron chi connectivity index (χ2n) is 5.73. The molecule has 0 aliphatic carbocycles. The van der Waals surface area contributed by atoms with Crippen molar-refractivity contribution in [3.63, 3.8) is 0 Å². The van der Waals surface area contributed by atoms with Crippen molar-refractivity contribution in [3.05, 3.63) is 18.6 Å². The predicted molar refractivity (Wildman–Crippen MR) is 78.1 cm³/mol. The molecule has 21 heavy (non-hydrogen) atoms. The zero-order chi connectivity index (χ0) is 14.5. The molecule has 2 aromatic rings. The summed E-state index contributed by atoms with van der Waals surface area (Å²) in [6.07, 6.45) is 3.92. The van der Waals surface area contributed by atoms with Gasteiger partial charge in [0.25, 0.3) is 0 Å². The summed E-state index contributed by atoms with van der Waals surface area (Å²) in [4.78, 5) is 13.8. The summed E-state index contributed by atoms with van der Waals surface area (Å²) in [5.41, 5.74) is 0.213. The molecule has 2 aliphatic rings. The number of rotatable bonds is 1. The Hall–Kier alpha value is -1.67. The number of morpholine rings is 1. The molecule has 0 radical (unpaired) electrons. The SMILES string of the molecule is O=S1(=O)CCC2(CN(c3ncnc4[nH]ccc34)CCO2)C1. The first-order valence-electron chi connectivity index (χ1n) is 6.94. The highest BCUT2D eigenvalue weighted by molar-refractivity contribution is 7.91. The Morgan fingerprint density at radius 1 is 1.38 bits per heavy atom. The first-order valence-corrected chi connectivity index (χ1v) is 8.77. The summed E-state index contributed by atoms with van der Waals surface area (Å²) < 4.78 is 29.4. The van der Waals surface area contributed by atoms with E-state index in [-0.39, 0.29) is 11.5 Å². The quantitative estimate of drug-likeness (QED) is 0.818. The molecule has 2 saturated heterocycles. The minimum Gasteiger partial charge on any atom is -0.370 e. The Balaban J connectivity index is 1.69. The highest BCUT2D eigenvalue weighted by atomic mass is 32.2. The van der Waals surface area contributed by atoms with E-state index in [2.05, 4.69) is 19.9 Å². The molecule has 7 nitrogen and oxygen atoms in total. The standard InChI is InChI=1S/C13H16N4O3S/c18-21(19)6-2-13(8-21)7-17(4-5-20-13)12-10-1-3-14-11(10)15-9-16-12/h1,3,9H,2,4-8H2,(H,14,15,16). The molecule has 1 spiro atoms. The van der Waals surface area contributed by atoms with Crippen molar-refractivity contribution >= 4 is 26.7 Å². The van der Waals surface area contributed by atoms with Gasteiger partial charge < -0.3 is 14.6 Å². The highest BCUT2D eigenvalue weighted by Gasteiger charge is 2.46. The number of aromatic nitrogens is 3. The van der Waals surface area contributed by atoms with Gasteiger partial charge in [0.15, 0.2) is 9.84 Å². The molecule has 1 unspecified atom stereocenters. The van der Waals surface area contributed by atoms with Gasteiger partial charge in [0, 0.05) is 19.3 Å². The third-order valence-corrected chi connectivity index (χ3v) is 6.02. The maximum absolute atomic E-state index is 11.8. The van der Waals surface area contributed by atoms with Crippen LogP contribution in [-0.4, -0.2) is 60.2 Å². The summed E-state index contributed by atoms with van der Waals surface area (Å²) in [6.45, 7) is 1.79. The highest BCUT2D eigenvalue weighted by Crippen LogP contribution is 2.33. The van der Waals surface area contributed by atoms with Gasteiger partial charge in [-0.15, -0.1) is 0 Å². The van der Waals surface area contributed by atoms with Crippen LogP contribution in [0, 0.1) is 0 Å². The molecular formula is C13H16N4O3S. The zero-order valence-corrected chi connectivity index (χ0v) is 12.3. The molecule has 1 N–H and O–H groups in total. The molecule has 8 heteroatoms. The third kappa shape index (κ3) is 2.18. The van der Waals surface area contributed by atoms with Crippen molar-refractivity contribution in [2.45, 2.75) is 12.0 Å². The molecule has 0 aromatic carbocycles. The van der Waals surface area contributed by atoms with Crippen molar-refractivity contribution in [2.75, 3.05) is 36.1 Å². The summed E-state index contributed by atoms with van der Waals surface area (Å²) in [5.74, 6) is 1.16. The van der Waals surface area contributed by atoms with Gasteiger partial charge >= 0.3 is 0 Å². The molecular weight excluding hydrogens is 292 g/mol. The van der Waals surface area contributed by atoms with Crippen molar-refractivity contribution in [1.29, 1.82) is 0 Å². The third-order valence-electron chi connectivity index (χ3n) is 4.23. The van der Waals surface area contributed by atoms with Crippen molar-refractivity contribution in [2.24, 2.45) is 0 Å². The fourth-order valence-electron chi connectivity index (χ4n) is 3.26. The van der Waals surface area contributed by atoms with Crippen LogP contribution >= 0.6 is 0 Å². The topological polar surface area (TPSA) is 88.2 Å².